The van der Waals surface area contributed by atoms with Gasteiger partial charge in [-0.2, -0.15) is 0 Å². The van der Waals surface area contributed by atoms with Gasteiger partial charge in [0.1, 0.15) is 6.10 Å². The second-order valence-corrected chi connectivity index (χ2v) is 5.39. The first-order valence-electron chi connectivity index (χ1n) is 7.37. The summed E-state index contributed by atoms with van der Waals surface area (Å²) in [6.07, 6.45) is 1.45. The fourth-order valence-corrected chi connectivity index (χ4v) is 2.76. The Balaban J connectivity index is 1.63. The van der Waals surface area contributed by atoms with Crippen LogP contribution in [0.2, 0.25) is 0 Å². The van der Waals surface area contributed by atoms with Gasteiger partial charge in [-0.1, -0.05) is 30.3 Å². The van der Waals surface area contributed by atoms with Crippen molar-refractivity contribution >= 4 is 5.97 Å². The highest BCUT2D eigenvalue weighted by Gasteiger charge is 2.37. The fraction of sp³-hybridized carbons (Fsp3) is 0.562. The Morgan fingerprint density at radius 1 is 1.14 bits per heavy atom. The summed E-state index contributed by atoms with van der Waals surface area (Å²) in [5.74, 6) is -0.321. The molecule has 0 aromatic heterocycles. The van der Waals surface area contributed by atoms with E-state index in [1.807, 2.05) is 30.3 Å². The lowest BCUT2D eigenvalue weighted by Gasteiger charge is -2.36. The van der Waals surface area contributed by atoms with Gasteiger partial charge >= 0.3 is 5.97 Å². The molecular weight excluding hydrogens is 272 g/mol. The summed E-state index contributed by atoms with van der Waals surface area (Å²) in [6, 6.07) is 9.88. The van der Waals surface area contributed by atoms with Crippen LogP contribution in [0.5, 0.6) is 0 Å². The second kappa shape index (κ2) is 6.56. The molecule has 2 aliphatic rings. The highest BCUT2D eigenvalue weighted by Crippen LogP contribution is 2.32. The minimum atomic E-state index is -0.488. The predicted octanol–water partition coefficient (Wildman–Crippen LogP) is 2.56. The third kappa shape index (κ3) is 3.61. The molecule has 2 fully saturated rings. The third-order valence-corrected chi connectivity index (χ3v) is 3.75. The molecule has 5 heteroatoms. The highest BCUT2D eigenvalue weighted by atomic mass is 16.7. The maximum Gasteiger partial charge on any atom is 0.304 e. The van der Waals surface area contributed by atoms with Crippen LogP contribution in [0.25, 0.3) is 0 Å². The lowest BCUT2D eigenvalue weighted by Crippen LogP contribution is -2.43. The van der Waals surface area contributed by atoms with Gasteiger partial charge in [0.2, 0.25) is 6.29 Å². The molecule has 0 bridgehead atoms. The monoisotopic (exact) mass is 292 g/mol. The lowest BCUT2D eigenvalue weighted by molar-refractivity contribution is -0.285. The number of ether oxygens (including phenoxy) is 4. The van der Waals surface area contributed by atoms with Crippen LogP contribution in [0.3, 0.4) is 0 Å². The Labute approximate surface area is 124 Å². The van der Waals surface area contributed by atoms with Gasteiger partial charge in [-0.25, -0.2) is 0 Å². The number of carbonyl (C=O) groups excluding carboxylic acids is 1. The third-order valence-electron chi connectivity index (χ3n) is 3.75. The van der Waals surface area contributed by atoms with E-state index in [2.05, 4.69) is 0 Å². The van der Waals surface area contributed by atoms with E-state index in [1.165, 1.54) is 6.92 Å². The summed E-state index contributed by atoms with van der Waals surface area (Å²) in [5, 5.41) is 0. The van der Waals surface area contributed by atoms with Crippen LogP contribution in [0.1, 0.15) is 38.0 Å². The molecule has 2 saturated heterocycles. The molecule has 21 heavy (non-hydrogen) atoms. The van der Waals surface area contributed by atoms with Crippen molar-refractivity contribution in [3.05, 3.63) is 35.9 Å². The normalized spacial score (nSPS) is 32.8. The SMILES string of the molecule is CC(=O)O[C@H]1CCC[C@@H]2O[C@H](c3ccccc3)OC[C@H]2O1. The van der Waals surface area contributed by atoms with E-state index >= 15 is 0 Å². The predicted molar refractivity (Wildman–Crippen MR) is 74.3 cm³/mol. The minimum Gasteiger partial charge on any atom is -0.436 e. The van der Waals surface area contributed by atoms with Crippen LogP contribution in [-0.2, 0) is 23.7 Å². The molecule has 0 spiro atoms. The van der Waals surface area contributed by atoms with Gasteiger partial charge in [0.05, 0.1) is 12.7 Å². The Morgan fingerprint density at radius 3 is 2.71 bits per heavy atom. The Kier molecular flexibility index (Phi) is 4.53. The minimum absolute atomic E-state index is 0.0236. The first-order chi connectivity index (χ1) is 10.2. The van der Waals surface area contributed by atoms with Crippen LogP contribution in [0, 0.1) is 0 Å². The summed E-state index contributed by atoms with van der Waals surface area (Å²) < 4.78 is 22.8. The van der Waals surface area contributed by atoms with Crippen molar-refractivity contribution in [2.24, 2.45) is 0 Å². The van der Waals surface area contributed by atoms with Crippen molar-refractivity contribution in [3.63, 3.8) is 0 Å². The Hall–Kier alpha value is -1.43. The van der Waals surface area contributed by atoms with Crippen LogP contribution >= 0.6 is 0 Å². The van der Waals surface area contributed by atoms with Crippen molar-refractivity contribution < 1.29 is 23.7 Å². The molecule has 5 nitrogen and oxygen atoms in total. The number of rotatable bonds is 2. The molecule has 0 aliphatic carbocycles. The van der Waals surface area contributed by atoms with Crippen LogP contribution < -0.4 is 0 Å². The zero-order chi connectivity index (χ0) is 14.7. The quantitative estimate of drug-likeness (QED) is 0.784. The van der Waals surface area contributed by atoms with Gasteiger partial charge < -0.3 is 18.9 Å². The Bertz CT molecular complexity index is 475. The lowest BCUT2D eigenvalue weighted by atomic mass is 10.1. The second-order valence-electron chi connectivity index (χ2n) is 5.39. The van der Waals surface area contributed by atoms with Gasteiger partial charge in [-0.15, -0.1) is 0 Å². The molecule has 2 heterocycles. The van der Waals surface area contributed by atoms with Gasteiger partial charge in [0.15, 0.2) is 6.29 Å². The Morgan fingerprint density at radius 2 is 1.95 bits per heavy atom. The van der Waals surface area contributed by atoms with Crippen molar-refractivity contribution in [2.75, 3.05) is 6.61 Å². The van der Waals surface area contributed by atoms with E-state index < -0.39 is 6.29 Å². The molecule has 3 rings (SSSR count). The number of hydrogen-bond acceptors (Lipinski definition) is 5. The summed E-state index contributed by atoms with van der Waals surface area (Å²) in [7, 11) is 0. The van der Waals surface area contributed by atoms with Gasteiger partial charge in [-0.3, -0.25) is 4.79 Å². The zero-order valence-electron chi connectivity index (χ0n) is 12.1. The zero-order valence-corrected chi connectivity index (χ0v) is 12.1. The first kappa shape index (κ1) is 14.5. The molecule has 0 N–H and O–H groups in total. The van der Waals surface area contributed by atoms with E-state index in [1.54, 1.807) is 0 Å². The van der Waals surface area contributed by atoms with Crippen LogP contribution in [-0.4, -0.2) is 31.1 Å². The maximum absolute atomic E-state index is 11.1. The molecule has 0 amide bonds. The van der Waals surface area contributed by atoms with Crippen molar-refractivity contribution in [3.8, 4) is 0 Å². The van der Waals surface area contributed by atoms with Gasteiger partial charge in [0.25, 0.3) is 0 Å². The molecule has 0 saturated carbocycles. The number of benzene rings is 1. The van der Waals surface area contributed by atoms with Crippen molar-refractivity contribution in [2.45, 2.75) is 51.0 Å². The average molecular weight is 292 g/mol. The molecule has 2 aliphatic heterocycles. The molecule has 0 unspecified atom stereocenters. The van der Waals surface area contributed by atoms with Crippen molar-refractivity contribution in [1.29, 1.82) is 0 Å². The molecule has 4 atom stereocenters. The molecule has 1 aromatic carbocycles. The smallest absolute Gasteiger partial charge is 0.304 e. The summed E-state index contributed by atoms with van der Waals surface area (Å²) in [6.45, 7) is 1.84. The van der Waals surface area contributed by atoms with Gasteiger partial charge in [-0.05, 0) is 12.8 Å². The van der Waals surface area contributed by atoms with E-state index in [0.29, 0.717) is 13.0 Å². The molecule has 1 aromatic rings. The molecule has 114 valence electrons. The van der Waals surface area contributed by atoms with E-state index in [0.717, 1.165) is 18.4 Å². The summed E-state index contributed by atoms with van der Waals surface area (Å²) in [5.41, 5.74) is 1.01. The van der Waals surface area contributed by atoms with Crippen LogP contribution in [0.15, 0.2) is 30.3 Å². The standard InChI is InChI=1S/C16H20O5/c1-11(17)19-15-9-5-8-13-14(20-15)10-18-16(21-13)12-6-3-2-4-7-12/h2-4,6-7,13-16H,5,8-10H2,1H3/t13-,14+,15+,16+/m0/s1. The van der Waals surface area contributed by atoms with E-state index in [-0.39, 0.29) is 24.5 Å². The highest BCUT2D eigenvalue weighted by molar-refractivity contribution is 5.66. The average Bonchev–Trinajstić information content (AvgIpc) is 2.68. The summed E-state index contributed by atoms with van der Waals surface area (Å²) >= 11 is 0. The topological polar surface area (TPSA) is 54.0 Å². The van der Waals surface area contributed by atoms with Crippen LogP contribution in [0.4, 0.5) is 0 Å². The van der Waals surface area contributed by atoms with E-state index in [4.69, 9.17) is 18.9 Å². The maximum atomic E-state index is 11.1. The van der Waals surface area contributed by atoms with E-state index in [9.17, 15) is 4.79 Å². The van der Waals surface area contributed by atoms with Crippen molar-refractivity contribution in [1.82, 2.24) is 0 Å². The number of carbonyl (C=O) groups is 1. The number of hydrogen-bond donors (Lipinski definition) is 0. The molecule has 0 radical (unpaired) electrons. The van der Waals surface area contributed by atoms with Gasteiger partial charge in [0, 0.05) is 18.9 Å². The number of esters is 1. The first-order valence-corrected chi connectivity index (χ1v) is 7.37. The fourth-order valence-electron chi connectivity index (χ4n) is 2.76. The molecular formula is C16H20O5. The number of fused-ring (bicyclic) bond motifs is 1. The summed E-state index contributed by atoms with van der Waals surface area (Å²) in [4.78, 5) is 11.1. The largest absolute Gasteiger partial charge is 0.436 e.